The predicted molar refractivity (Wildman–Crippen MR) is 345 cm³/mol. The number of rotatable bonds is 17. The zero-order chi connectivity index (χ0) is 71.2. The van der Waals surface area contributed by atoms with Crippen molar-refractivity contribution in [3.05, 3.63) is 179 Å². The second kappa shape index (κ2) is 54.4. The number of aliphatic hydroxyl groups is 3. The molecule has 2 unspecified atom stereocenters. The number of hydrogen-bond donors (Lipinski definition) is 11. The topological polar surface area (TPSA) is 456 Å². The number of halogens is 1. The van der Waals surface area contributed by atoms with Gasteiger partial charge < -0.3 is 86.1 Å². The van der Waals surface area contributed by atoms with Crippen LogP contribution >= 0.6 is 11.6 Å². The fourth-order valence-corrected chi connectivity index (χ4v) is 7.19. The number of carbonyl (C=O) groups excluding carboxylic acids is 5. The number of esters is 1. The van der Waals surface area contributed by atoms with E-state index in [-0.39, 0.29) is 70.1 Å². The number of nitrogens with zero attached hydrogens (tertiary/aromatic N) is 2. The van der Waals surface area contributed by atoms with Crippen molar-refractivity contribution in [1.29, 1.82) is 0 Å². The molecule has 8 rings (SSSR count). The number of nitrogens with one attached hydrogen (secondary N) is 1. The van der Waals surface area contributed by atoms with Gasteiger partial charge >= 0.3 is 47.5 Å². The van der Waals surface area contributed by atoms with Gasteiger partial charge in [-0.1, -0.05) is 152 Å². The third kappa shape index (κ3) is 43.5. The lowest BCUT2D eigenvalue weighted by Gasteiger charge is -2.31. The summed E-state index contributed by atoms with van der Waals surface area (Å²) in [6.45, 7) is 8.92. The summed E-state index contributed by atoms with van der Waals surface area (Å²) < 4.78 is 34.3. The van der Waals surface area contributed by atoms with Crippen LogP contribution in [0.3, 0.4) is 0 Å². The molecule has 3 heterocycles. The lowest BCUT2D eigenvalue weighted by molar-refractivity contribution is -0.169. The summed E-state index contributed by atoms with van der Waals surface area (Å²) in [6.07, 6.45) is -1.95. The molecule has 14 N–H and O–H groups in total. The first-order chi connectivity index (χ1) is 45.5. The van der Waals surface area contributed by atoms with Crippen molar-refractivity contribution in [1.82, 2.24) is 15.1 Å². The number of hydrogen-bond acceptors (Lipinski definition) is 23. The van der Waals surface area contributed by atoms with Crippen LogP contribution < -0.4 is 22.5 Å². The van der Waals surface area contributed by atoms with Gasteiger partial charge in [-0.15, -0.1) is 0 Å². The van der Waals surface area contributed by atoms with Gasteiger partial charge in [0, 0.05) is 44.8 Å². The van der Waals surface area contributed by atoms with Crippen LogP contribution in [-0.4, -0.2) is 190 Å². The zero-order valence-corrected chi connectivity index (χ0v) is 53.9. The van der Waals surface area contributed by atoms with Crippen molar-refractivity contribution in [3.8, 4) is 0 Å². The molecule has 30 heteroatoms. The van der Waals surface area contributed by atoms with Crippen LogP contribution in [0.5, 0.6) is 0 Å². The lowest BCUT2D eigenvalue weighted by atomic mass is 10.1. The highest BCUT2D eigenvalue weighted by Gasteiger charge is 2.35. The average molecular weight is 1360 g/mol. The molecule has 95 heavy (non-hydrogen) atoms. The van der Waals surface area contributed by atoms with Gasteiger partial charge in [0.1, 0.15) is 19.8 Å². The Balaban J connectivity index is 0.00000109. The summed E-state index contributed by atoms with van der Waals surface area (Å²) in [6, 6.07) is 46.4. The standard InChI is InChI=1S/2C13H15NO5.C8H7ClO2.2C8H11NO.C5H9NO3.C5H10O2.C3H9NO.C2H2O3/c2*15-12(16)11-14(7-4-8-18-11)13(17)19-9-10-5-2-1-3-6-10;9-8(10)11-6-7-4-2-1-3-5-7;2*9-8(6-10)7-4-2-1-3-5-7;7-5(8)4-6-2-1-3-9-4;1-4(2)7-5(3)6;4-2-1-3-5;3-1-2(4)5/h2*1-3,5-6,11H,4,7-9H2,(H,15,16);1-5H,6H2;2*1-5,8,10H,6,9H2;4,6H,1-3H2,(H,7,8);4H,1-3H3;5H,1-4H2;1H,(H,4,5)/t11-;;;2*8-;;;;/m0..00..../s1. The second-order valence-electron chi connectivity index (χ2n) is 19.6. The number of amides is 2. The van der Waals surface area contributed by atoms with Gasteiger partial charge in [0.25, 0.3) is 0 Å². The lowest BCUT2D eigenvalue weighted by Crippen LogP contribution is -2.50. The molecule has 0 spiro atoms. The van der Waals surface area contributed by atoms with E-state index in [1.54, 1.807) is 0 Å². The number of aliphatic hydroxyl groups excluding tert-OH is 3. The largest absolute Gasteiger partial charge is 0.478 e. The highest BCUT2D eigenvalue weighted by atomic mass is 35.5. The highest BCUT2D eigenvalue weighted by Crippen LogP contribution is 2.16. The Morgan fingerprint density at radius 2 is 0.916 bits per heavy atom. The normalized spacial score (nSPS) is 15.5. The maximum absolute atomic E-state index is 11.8. The number of aliphatic carboxylic acids is 4. The number of nitrogens with two attached hydrogens (primary N) is 3. The van der Waals surface area contributed by atoms with Crippen molar-refractivity contribution in [2.45, 2.75) is 103 Å². The monoisotopic (exact) mass is 1360 g/mol. The van der Waals surface area contributed by atoms with E-state index in [0.29, 0.717) is 52.3 Å². The van der Waals surface area contributed by atoms with Gasteiger partial charge in [-0.3, -0.25) is 24.7 Å². The number of ether oxygens (including phenoxy) is 7. The number of aldehydes is 1. The fourth-order valence-electron chi connectivity index (χ4n) is 7.13. The Bertz CT molecular complexity index is 2740. The van der Waals surface area contributed by atoms with E-state index < -0.39 is 60.2 Å². The first kappa shape index (κ1) is 86.0. The minimum atomic E-state index is -1.43. The number of carboxylic acids is 4. The fraction of sp³-hybridized carbons (Fsp3) is 0.400. The number of benzene rings is 5. The molecule has 5 atom stereocenters. The smallest absolute Gasteiger partial charge is 0.412 e. The minimum absolute atomic E-state index is 0.00398. The van der Waals surface area contributed by atoms with Crippen LogP contribution in [0.25, 0.3) is 0 Å². The quantitative estimate of drug-likeness (QED) is 0.0172. The van der Waals surface area contributed by atoms with Crippen molar-refractivity contribution >= 4 is 65.3 Å². The number of carbonyl (C=O) groups is 9. The molecule has 0 bridgehead atoms. The Kier molecular flexibility index (Phi) is 49.3. The Morgan fingerprint density at radius 3 is 1.15 bits per heavy atom. The molecule has 0 saturated carbocycles. The van der Waals surface area contributed by atoms with E-state index in [9.17, 15) is 33.6 Å². The summed E-state index contributed by atoms with van der Waals surface area (Å²) in [7, 11) is 0. The van der Waals surface area contributed by atoms with E-state index >= 15 is 0 Å². The van der Waals surface area contributed by atoms with E-state index in [1.165, 1.54) is 6.92 Å². The molecular weight excluding hydrogens is 1270 g/mol. The van der Waals surface area contributed by atoms with Crippen molar-refractivity contribution in [3.63, 3.8) is 0 Å². The summed E-state index contributed by atoms with van der Waals surface area (Å²) >= 11 is 4.97. The maximum atomic E-state index is 11.8. The Hall–Kier alpha value is -8.98. The Labute approximate surface area is 556 Å². The van der Waals surface area contributed by atoms with Gasteiger partial charge in [0.05, 0.1) is 51.2 Å². The summed E-state index contributed by atoms with van der Waals surface area (Å²) in [4.78, 5) is 96.1. The van der Waals surface area contributed by atoms with Crippen molar-refractivity contribution in [2.75, 3.05) is 65.8 Å². The third-order valence-corrected chi connectivity index (χ3v) is 11.7. The van der Waals surface area contributed by atoms with Crippen LogP contribution in [0.15, 0.2) is 152 Å². The van der Waals surface area contributed by atoms with E-state index in [1.807, 2.05) is 166 Å². The molecule has 5 aromatic rings. The van der Waals surface area contributed by atoms with Crippen LogP contribution in [0.4, 0.5) is 14.4 Å². The summed E-state index contributed by atoms with van der Waals surface area (Å²) in [5.74, 6) is -4.94. The van der Waals surface area contributed by atoms with Crippen LogP contribution in [0.2, 0.25) is 0 Å². The first-order valence-corrected chi connectivity index (χ1v) is 29.9. The molecule has 524 valence electrons. The first-order valence-electron chi connectivity index (χ1n) is 29.5. The zero-order valence-electron chi connectivity index (χ0n) is 53.2. The molecule has 5 aromatic carbocycles. The van der Waals surface area contributed by atoms with Crippen LogP contribution in [0.1, 0.15) is 86.4 Å². The highest BCUT2D eigenvalue weighted by molar-refractivity contribution is 6.61. The number of carboxylic acid groups (broad SMARTS) is 4. The van der Waals surface area contributed by atoms with E-state index in [2.05, 4.69) is 14.8 Å². The van der Waals surface area contributed by atoms with E-state index in [0.717, 1.165) is 57.0 Å². The average Bonchev–Trinajstić information content (AvgIpc) is 1.79. The molecule has 3 saturated heterocycles. The molecule has 2 amide bonds. The molecule has 3 fully saturated rings. The second-order valence-corrected chi connectivity index (χ2v) is 19.9. The minimum Gasteiger partial charge on any atom is -0.478 e. The van der Waals surface area contributed by atoms with Gasteiger partial charge in [-0.2, -0.15) is 0 Å². The summed E-state index contributed by atoms with van der Waals surface area (Å²) in [5.41, 5.74) is 19.9. The summed E-state index contributed by atoms with van der Waals surface area (Å²) in [5, 5.41) is 61.7. The molecule has 3 aliphatic rings. The molecule has 0 radical (unpaired) electrons. The molecule has 3 aliphatic heterocycles. The molecule has 29 nitrogen and oxygen atoms in total. The van der Waals surface area contributed by atoms with Crippen LogP contribution in [0, 0.1) is 0 Å². The molecule has 0 aliphatic carbocycles. The van der Waals surface area contributed by atoms with Gasteiger partial charge in [-0.25, -0.2) is 33.6 Å². The molecule has 0 aromatic heterocycles. The van der Waals surface area contributed by atoms with Crippen molar-refractivity contribution < 1.29 is 112 Å². The van der Waals surface area contributed by atoms with Gasteiger partial charge in [0.2, 0.25) is 25.0 Å². The Morgan fingerprint density at radius 1 is 0.568 bits per heavy atom. The van der Waals surface area contributed by atoms with Crippen LogP contribution in [-0.2, 0) is 81.7 Å². The van der Waals surface area contributed by atoms with Crippen molar-refractivity contribution in [2.24, 2.45) is 17.2 Å². The van der Waals surface area contributed by atoms with Gasteiger partial charge in [-0.05, 0) is 73.9 Å². The predicted octanol–water partition coefficient (Wildman–Crippen LogP) is 5.79. The molecular formula is C65H89ClN6O23. The maximum Gasteiger partial charge on any atom is 0.412 e. The third-order valence-electron chi connectivity index (χ3n) is 11.6. The van der Waals surface area contributed by atoms with Gasteiger partial charge in [0.15, 0.2) is 0 Å². The van der Waals surface area contributed by atoms with E-state index in [4.69, 9.17) is 97.8 Å². The SMILES string of the molecule is CC(=O)OC(C)C.NCCCO.N[C@@H](CO)c1ccccc1.N[C@@H](CO)c1ccccc1.O=C(Cl)OCc1ccccc1.O=C(O)C1NCCCO1.O=C(O)C1OCCCN1C(=O)OCc1ccccc1.O=C(O)[C@@H]1OCCCN1C(=O)OCc1ccccc1.O=CC(=O)O.